The summed E-state index contributed by atoms with van der Waals surface area (Å²) in [6.07, 6.45) is -0.314. The van der Waals surface area contributed by atoms with Crippen molar-refractivity contribution in [1.82, 2.24) is 5.32 Å². The van der Waals surface area contributed by atoms with E-state index in [1.807, 2.05) is 13.0 Å². The van der Waals surface area contributed by atoms with Gasteiger partial charge in [0.25, 0.3) is 0 Å². The molecule has 2 N–H and O–H groups in total. The van der Waals surface area contributed by atoms with Gasteiger partial charge in [-0.1, -0.05) is 22.0 Å². The normalized spacial score (nSPS) is 28.5. The van der Waals surface area contributed by atoms with Crippen LogP contribution in [-0.2, 0) is 11.2 Å². The van der Waals surface area contributed by atoms with Gasteiger partial charge in [-0.05, 0) is 31.0 Å². The standard InChI is InChI=1S/C14H17BrN2O3/c1-14(16-13(18)19)7-9-2-3-10(15)6-11(9)17-4-5-20-8-12(14)17/h2-3,6,12,16H,4-5,7-8H2,1H3,(H,18,19). The molecule has 108 valence electrons. The molecule has 2 unspecified atom stereocenters. The Balaban J connectivity index is 2.04. The van der Waals surface area contributed by atoms with Crippen LogP contribution in [0.15, 0.2) is 22.7 Å². The highest BCUT2D eigenvalue weighted by Gasteiger charge is 2.45. The van der Waals surface area contributed by atoms with Gasteiger partial charge in [0.2, 0.25) is 0 Å². The number of rotatable bonds is 1. The molecule has 6 heteroatoms. The smallest absolute Gasteiger partial charge is 0.405 e. The van der Waals surface area contributed by atoms with E-state index in [0.29, 0.717) is 19.6 Å². The van der Waals surface area contributed by atoms with E-state index in [-0.39, 0.29) is 6.04 Å². The van der Waals surface area contributed by atoms with Gasteiger partial charge in [0.05, 0.1) is 24.8 Å². The SMILES string of the molecule is CC1(NC(=O)O)Cc2ccc(Br)cc2N2CCOCC21. The van der Waals surface area contributed by atoms with Crippen LogP contribution in [0.4, 0.5) is 10.5 Å². The molecule has 2 aliphatic heterocycles. The van der Waals surface area contributed by atoms with Crippen LogP contribution in [0.2, 0.25) is 0 Å². The largest absolute Gasteiger partial charge is 0.465 e. The van der Waals surface area contributed by atoms with Crippen molar-refractivity contribution in [3.63, 3.8) is 0 Å². The van der Waals surface area contributed by atoms with Crippen molar-refractivity contribution in [2.45, 2.75) is 24.9 Å². The summed E-state index contributed by atoms with van der Waals surface area (Å²) in [5.74, 6) is 0. The number of fused-ring (bicyclic) bond motifs is 3. The maximum Gasteiger partial charge on any atom is 0.405 e. The van der Waals surface area contributed by atoms with Crippen LogP contribution < -0.4 is 10.2 Å². The number of nitrogens with zero attached hydrogens (tertiary/aromatic N) is 1. The van der Waals surface area contributed by atoms with Gasteiger partial charge in [-0.15, -0.1) is 0 Å². The number of carboxylic acid groups (broad SMARTS) is 1. The molecule has 2 heterocycles. The number of amides is 1. The monoisotopic (exact) mass is 340 g/mol. The van der Waals surface area contributed by atoms with Crippen molar-refractivity contribution < 1.29 is 14.6 Å². The van der Waals surface area contributed by atoms with Gasteiger partial charge in [-0.3, -0.25) is 0 Å². The second-order valence-corrected chi connectivity index (χ2v) is 6.50. The van der Waals surface area contributed by atoms with Crippen molar-refractivity contribution in [3.8, 4) is 0 Å². The number of hydrogen-bond acceptors (Lipinski definition) is 3. The van der Waals surface area contributed by atoms with E-state index in [1.54, 1.807) is 0 Å². The lowest BCUT2D eigenvalue weighted by atomic mass is 9.79. The molecule has 1 amide bonds. The van der Waals surface area contributed by atoms with Crippen molar-refractivity contribution in [2.75, 3.05) is 24.7 Å². The molecule has 0 spiro atoms. The Hall–Kier alpha value is -1.27. The minimum absolute atomic E-state index is 0.0224. The Morgan fingerprint density at radius 3 is 3.15 bits per heavy atom. The Morgan fingerprint density at radius 1 is 1.60 bits per heavy atom. The predicted molar refractivity (Wildman–Crippen MR) is 79.4 cm³/mol. The Kier molecular flexibility index (Phi) is 3.38. The molecule has 1 aromatic carbocycles. The fourth-order valence-corrected chi connectivity index (χ4v) is 3.61. The molecule has 1 fully saturated rings. The number of anilines is 1. The number of carbonyl (C=O) groups is 1. The van der Waals surface area contributed by atoms with Crippen LogP contribution in [0.5, 0.6) is 0 Å². The third-order valence-electron chi connectivity index (χ3n) is 4.17. The molecule has 0 radical (unpaired) electrons. The predicted octanol–water partition coefficient (Wildman–Crippen LogP) is 2.24. The number of benzene rings is 1. The lowest BCUT2D eigenvalue weighted by Gasteiger charge is -2.51. The van der Waals surface area contributed by atoms with Crippen LogP contribution in [0.3, 0.4) is 0 Å². The first-order valence-electron chi connectivity index (χ1n) is 6.63. The minimum Gasteiger partial charge on any atom is -0.465 e. The second kappa shape index (κ2) is 4.93. The zero-order chi connectivity index (χ0) is 14.3. The molecule has 20 heavy (non-hydrogen) atoms. The Labute approximate surface area is 126 Å². The van der Waals surface area contributed by atoms with E-state index in [0.717, 1.165) is 11.0 Å². The number of halogens is 1. The lowest BCUT2D eigenvalue weighted by molar-refractivity contribution is 0.0577. The zero-order valence-electron chi connectivity index (χ0n) is 11.2. The third-order valence-corrected chi connectivity index (χ3v) is 4.66. The first-order chi connectivity index (χ1) is 9.49. The molecule has 3 rings (SSSR count). The van der Waals surface area contributed by atoms with Gasteiger partial charge in [0.1, 0.15) is 0 Å². The van der Waals surface area contributed by atoms with Crippen LogP contribution >= 0.6 is 15.9 Å². The fraction of sp³-hybridized carbons (Fsp3) is 0.500. The van der Waals surface area contributed by atoms with Crippen LogP contribution in [0, 0.1) is 0 Å². The van der Waals surface area contributed by atoms with Crippen molar-refractivity contribution >= 4 is 27.7 Å². The maximum absolute atomic E-state index is 11.1. The van der Waals surface area contributed by atoms with Gasteiger partial charge >= 0.3 is 6.09 Å². The highest BCUT2D eigenvalue weighted by molar-refractivity contribution is 9.10. The van der Waals surface area contributed by atoms with E-state index in [1.165, 1.54) is 11.3 Å². The summed E-state index contributed by atoms with van der Waals surface area (Å²) < 4.78 is 6.61. The van der Waals surface area contributed by atoms with E-state index in [4.69, 9.17) is 9.84 Å². The molecule has 0 aromatic heterocycles. The van der Waals surface area contributed by atoms with E-state index < -0.39 is 11.6 Å². The van der Waals surface area contributed by atoms with Gasteiger partial charge in [-0.25, -0.2) is 4.79 Å². The summed E-state index contributed by atoms with van der Waals surface area (Å²) in [6, 6.07) is 6.19. The van der Waals surface area contributed by atoms with Gasteiger partial charge in [0.15, 0.2) is 0 Å². The molecule has 2 aliphatic rings. The van der Waals surface area contributed by atoms with Crippen molar-refractivity contribution in [3.05, 3.63) is 28.2 Å². The summed E-state index contributed by atoms with van der Waals surface area (Å²) in [6.45, 7) is 3.96. The summed E-state index contributed by atoms with van der Waals surface area (Å²) in [5.41, 5.74) is 1.81. The highest BCUT2D eigenvalue weighted by Crippen LogP contribution is 2.38. The van der Waals surface area contributed by atoms with Gasteiger partial charge in [0, 0.05) is 16.7 Å². The lowest BCUT2D eigenvalue weighted by Crippen LogP contribution is -2.67. The fourth-order valence-electron chi connectivity index (χ4n) is 3.26. The first-order valence-corrected chi connectivity index (χ1v) is 7.43. The molecule has 2 atom stereocenters. The molecule has 0 saturated carbocycles. The maximum atomic E-state index is 11.1. The summed E-state index contributed by atoms with van der Waals surface area (Å²) >= 11 is 3.51. The van der Waals surface area contributed by atoms with Crippen LogP contribution in [-0.4, -0.2) is 42.5 Å². The number of nitrogens with one attached hydrogen (secondary N) is 1. The number of hydrogen-bond donors (Lipinski definition) is 2. The molecule has 1 aromatic rings. The van der Waals surface area contributed by atoms with Crippen LogP contribution in [0.1, 0.15) is 12.5 Å². The van der Waals surface area contributed by atoms with Crippen molar-refractivity contribution in [1.29, 1.82) is 0 Å². The first kappa shape index (κ1) is 13.7. The summed E-state index contributed by atoms with van der Waals surface area (Å²) in [4.78, 5) is 13.4. The zero-order valence-corrected chi connectivity index (χ0v) is 12.8. The van der Waals surface area contributed by atoms with Crippen molar-refractivity contribution in [2.24, 2.45) is 0 Å². The molecule has 0 bridgehead atoms. The minimum atomic E-state index is -0.987. The molecule has 5 nitrogen and oxygen atoms in total. The number of ether oxygens (including phenoxy) is 1. The van der Waals surface area contributed by atoms with E-state index >= 15 is 0 Å². The third kappa shape index (κ3) is 2.27. The average molecular weight is 341 g/mol. The quantitative estimate of drug-likeness (QED) is 0.822. The molecule has 1 saturated heterocycles. The van der Waals surface area contributed by atoms with Gasteiger partial charge < -0.3 is 20.1 Å². The molecule has 0 aliphatic carbocycles. The number of morpholine rings is 1. The summed E-state index contributed by atoms with van der Waals surface area (Å²) in [5, 5.41) is 11.8. The van der Waals surface area contributed by atoms with Gasteiger partial charge in [-0.2, -0.15) is 0 Å². The van der Waals surface area contributed by atoms with E-state index in [9.17, 15) is 4.79 Å². The summed E-state index contributed by atoms with van der Waals surface area (Å²) in [7, 11) is 0. The van der Waals surface area contributed by atoms with E-state index in [2.05, 4.69) is 38.3 Å². The Bertz CT molecular complexity index is 551. The van der Waals surface area contributed by atoms with Crippen LogP contribution in [0.25, 0.3) is 0 Å². The molecular weight excluding hydrogens is 324 g/mol. The Morgan fingerprint density at radius 2 is 2.40 bits per heavy atom. The molecular formula is C14H17BrN2O3. The average Bonchev–Trinajstić information content (AvgIpc) is 2.39. The topological polar surface area (TPSA) is 61.8 Å². The highest BCUT2D eigenvalue weighted by atomic mass is 79.9. The second-order valence-electron chi connectivity index (χ2n) is 5.58.